The first-order valence-corrected chi connectivity index (χ1v) is 10.8. The highest BCUT2D eigenvalue weighted by Gasteiger charge is 2.51. The van der Waals surface area contributed by atoms with Crippen molar-refractivity contribution < 1.29 is 27.9 Å². The van der Waals surface area contributed by atoms with Gasteiger partial charge in [-0.2, -0.15) is 0 Å². The van der Waals surface area contributed by atoms with Crippen LogP contribution in [0.4, 0.5) is 5.69 Å². The second-order valence-electron chi connectivity index (χ2n) is 6.26. The number of rotatable bonds is 8. The summed E-state index contributed by atoms with van der Waals surface area (Å²) >= 11 is 0. The van der Waals surface area contributed by atoms with Crippen LogP contribution in [0.2, 0.25) is 0 Å². The van der Waals surface area contributed by atoms with Gasteiger partial charge in [-0.25, -0.2) is 4.79 Å². The molecule has 2 rings (SSSR count). The van der Waals surface area contributed by atoms with E-state index in [1.165, 1.54) is 14.2 Å². The molecule has 1 unspecified atom stereocenters. The molecule has 0 fully saturated rings. The van der Waals surface area contributed by atoms with Crippen LogP contribution >= 0.6 is 7.60 Å². The maximum absolute atomic E-state index is 13.8. The lowest BCUT2D eigenvalue weighted by Gasteiger charge is -2.35. The fourth-order valence-corrected chi connectivity index (χ4v) is 4.43. The normalized spacial score (nSPS) is 12.8. The molecule has 0 aliphatic rings. The van der Waals surface area contributed by atoms with E-state index in [1.54, 1.807) is 38.3 Å². The molecule has 0 bridgehead atoms. The molecule has 0 aromatic heterocycles. The Hall–Kier alpha value is -2.78. The van der Waals surface area contributed by atoms with Crippen LogP contribution in [0.1, 0.15) is 18.1 Å². The number of ether oxygens (including phenoxy) is 2. The third kappa shape index (κ3) is 5.03. The third-order valence-corrected chi connectivity index (χ3v) is 6.66. The largest absolute Gasteiger partial charge is 0.497 e. The zero-order valence-corrected chi connectivity index (χ0v) is 18.6. The highest BCUT2D eigenvalue weighted by Crippen LogP contribution is 2.63. The van der Waals surface area contributed by atoms with Crippen LogP contribution in [-0.2, 0) is 28.4 Å². The molecule has 0 aliphatic heterocycles. The molecule has 7 nitrogen and oxygen atoms in total. The first kappa shape index (κ1) is 23.5. The Morgan fingerprint density at radius 3 is 2.13 bits per heavy atom. The Morgan fingerprint density at radius 1 is 1.03 bits per heavy atom. The van der Waals surface area contributed by atoms with E-state index >= 15 is 0 Å². The second kappa shape index (κ2) is 10.3. The number of benzene rings is 2. The van der Waals surface area contributed by atoms with Crippen LogP contribution in [-0.4, -0.2) is 33.9 Å². The number of methoxy groups -OCH3 is 1. The van der Waals surface area contributed by atoms with Crippen LogP contribution < -0.4 is 10.1 Å². The monoisotopic (exact) mass is 431 g/mol. The molecule has 0 heterocycles. The number of anilines is 1. The quantitative estimate of drug-likeness (QED) is 0.288. The summed E-state index contributed by atoms with van der Waals surface area (Å²) in [4.78, 5) is 12.0. The molecule has 160 valence electrons. The topological polar surface area (TPSA) is 83.1 Å². The van der Waals surface area contributed by atoms with Gasteiger partial charge in [0.2, 0.25) is 5.28 Å². The maximum Gasteiger partial charge on any atom is 0.384 e. The first-order chi connectivity index (χ1) is 14.3. The van der Waals surface area contributed by atoms with E-state index in [1.807, 2.05) is 31.2 Å². The van der Waals surface area contributed by atoms with Gasteiger partial charge in [0.1, 0.15) is 5.75 Å². The fraction of sp³-hybridized carbons (Fsp3) is 0.318. The molecule has 0 saturated carbocycles. The number of carbonyl (C=O) groups excluding carboxylic acids is 1. The van der Waals surface area contributed by atoms with Crippen LogP contribution in [0.3, 0.4) is 0 Å². The molecular formula is C22H26NO6P. The average molecular weight is 431 g/mol. The number of hydrogen-bond acceptors (Lipinski definition) is 7. The molecule has 0 aliphatic carbocycles. The molecule has 2 aromatic rings. The lowest BCUT2D eigenvalue weighted by atomic mass is 10.1. The van der Waals surface area contributed by atoms with E-state index in [9.17, 15) is 9.36 Å². The van der Waals surface area contributed by atoms with E-state index in [-0.39, 0.29) is 6.61 Å². The van der Waals surface area contributed by atoms with E-state index in [2.05, 4.69) is 17.2 Å². The standard InChI is InChI=1S/C22H26NO6P/c1-6-29-21(24)15-16-22(30(25,27-4)28-5,18-9-13-20(26-3)14-10-18)23-19-11-7-17(2)8-12-19/h7-14,23H,6H2,1-5H3. The molecule has 1 N–H and O–H groups in total. The number of carbonyl (C=O) groups is 1. The molecule has 30 heavy (non-hydrogen) atoms. The summed E-state index contributed by atoms with van der Waals surface area (Å²) in [6, 6.07) is 14.2. The molecular weight excluding hydrogens is 405 g/mol. The summed E-state index contributed by atoms with van der Waals surface area (Å²) in [6.07, 6.45) is 0. The molecule has 0 saturated heterocycles. The van der Waals surface area contributed by atoms with E-state index in [0.717, 1.165) is 5.56 Å². The van der Waals surface area contributed by atoms with Crippen molar-refractivity contribution in [3.05, 3.63) is 59.7 Å². The minimum Gasteiger partial charge on any atom is -0.497 e. The van der Waals surface area contributed by atoms with E-state index < -0.39 is 18.8 Å². The highest BCUT2D eigenvalue weighted by molar-refractivity contribution is 7.55. The van der Waals surface area contributed by atoms with E-state index in [4.69, 9.17) is 18.5 Å². The van der Waals surface area contributed by atoms with Crippen LogP contribution in [0, 0.1) is 18.8 Å². The Balaban J connectivity index is 2.75. The predicted molar refractivity (Wildman–Crippen MR) is 116 cm³/mol. The van der Waals surface area contributed by atoms with Gasteiger partial charge in [-0.05, 0) is 44.0 Å². The molecule has 1 atom stereocenters. The van der Waals surface area contributed by atoms with Gasteiger partial charge in [0.05, 0.1) is 13.7 Å². The van der Waals surface area contributed by atoms with Gasteiger partial charge in [0, 0.05) is 31.4 Å². The summed E-state index contributed by atoms with van der Waals surface area (Å²) in [5, 5.41) is 1.49. The molecule has 0 radical (unpaired) electrons. The van der Waals surface area contributed by atoms with Gasteiger partial charge in [-0.1, -0.05) is 29.8 Å². The third-order valence-electron chi connectivity index (χ3n) is 4.40. The van der Waals surface area contributed by atoms with Gasteiger partial charge < -0.3 is 23.8 Å². The van der Waals surface area contributed by atoms with Crippen molar-refractivity contribution in [2.75, 3.05) is 33.3 Å². The smallest absolute Gasteiger partial charge is 0.384 e. The van der Waals surface area contributed by atoms with E-state index in [0.29, 0.717) is 17.0 Å². The summed E-state index contributed by atoms with van der Waals surface area (Å²) in [5.41, 5.74) is 2.13. The summed E-state index contributed by atoms with van der Waals surface area (Å²) < 4.78 is 34.6. The Morgan fingerprint density at radius 2 is 1.63 bits per heavy atom. The molecule has 0 amide bonds. The second-order valence-corrected chi connectivity index (χ2v) is 8.66. The van der Waals surface area contributed by atoms with Crippen molar-refractivity contribution in [2.45, 2.75) is 19.1 Å². The lowest BCUT2D eigenvalue weighted by molar-refractivity contribution is -0.136. The molecule has 0 spiro atoms. The van der Waals surface area contributed by atoms with Gasteiger partial charge >= 0.3 is 13.6 Å². The van der Waals surface area contributed by atoms with Gasteiger partial charge in [0.25, 0.3) is 0 Å². The van der Waals surface area contributed by atoms with Crippen molar-refractivity contribution in [1.82, 2.24) is 0 Å². The van der Waals surface area contributed by atoms with Crippen LogP contribution in [0.15, 0.2) is 48.5 Å². The van der Waals surface area contributed by atoms with Crippen molar-refractivity contribution in [1.29, 1.82) is 0 Å². The average Bonchev–Trinajstić information content (AvgIpc) is 2.77. The van der Waals surface area contributed by atoms with Gasteiger partial charge in [-0.3, -0.25) is 4.57 Å². The van der Waals surface area contributed by atoms with Crippen molar-refractivity contribution in [2.24, 2.45) is 0 Å². The van der Waals surface area contributed by atoms with Crippen LogP contribution in [0.5, 0.6) is 5.75 Å². The summed E-state index contributed by atoms with van der Waals surface area (Å²) in [5.74, 6) is 5.06. The fourth-order valence-electron chi connectivity index (χ4n) is 2.81. The lowest BCUT2D eigenvalue weighted by Crippen LogP contribution is -2.35. The zero-order chi connectivity index (χ0) is 22.2. The van der Waals surface area contributed by atoms with Crippen molar-refractivity contribution in [3.8, 4) is 17.6 Å². The molecule has 8 heteroatoms. The SMILES string of the molecule is CCOC(=O)C#CC(Nc1ccc(C)cc1)(c1ccc(OC)cc1)P(=O)(OC)OC. The minimum absolute atomic E-state index is 0.167. The minimum atomic E-state index is -3.95. The summed E-state index contributed by atoms with van der Waals surface area (Å²) in [6.45, 7) is 3.80. The maximum atomic E-state index is 13.8. The van der Waals surface area contributed by atoms with Crippen molar-refractivity contribution in [3.63, 3.8) is 0 Å². The van der Waals surface area contributed by atoms with Crippen molar-refractivity contribution >= 4 is 19.3 Å². The number of hydrogen-bond donors (Lipinski definition) is 1. The number of nitrogens with one attached hydrogen (secondary N) is 1. The highest BCUT2D eigenvalue weighted by atomic mass is 31.2. The molecule has 2 aromatic carbocycles. The first-order valence-electron chi connectivity index (χ1n) is 9.25. The Labute approximate surface area is 177 Å². The summed E-state index contributed by atoms with van der Waals surface area (Å²) in [7, 11) is 0.129. The number of aryl methyl sites for hydroxylation is 1. The zero-order valence-electron chi connectivity index (χ0n) is 17.7. The Bertz CT molecular complexity index is 954. The van der Waals surface area contributed by atoms with Gasteiger partial charge in [0.15, 0.2) is 0 Å². The number of esters is 1. The van der Waals surface area contributed by atoms with Gasteiger partial charge in [-0.15, -0.1) is 0 Å². The Kier molecular flexibility index (Phi) is 8.08. The predicted octanol–water partition coefficient (Wildman–Crippen LogP) is 4.32. The van der Waals surface area contributed by atoms with Crippen LogP contribution in [0.25, 0.3) is 0 Å².